The van der Waals surface area contributed by atoms with Crippen LogP contribution >= 0.6 is 0 Å². The molecule has 2 heterocycles. The number of ether oxygens (including phenoxy) is 3. The van der Waals surface area contributed by atoms with Gasteiger partial charge in [-0.1, -0.05) is 0 Å². The average molecular weight is 429 g/mol. The van der Waals surface area contributed by atoms with Crippen LogP contribution in [0.2, 0.25) is 0 Å². The van der Waals surface area contributed by atoms with Crippen molar-refractivity contribution in [2.24, 2.45) is 0 Å². The molecule has 31 heavy (non-hydrogen) atoms. The second kappa shape index (κ2) is 8.75. The van der Waals surface area contributed by atoms with Crippen LogP contribution in [0.5, 0.6) is 28.7 Å². The molecule has 0 radical (unpaired) electrons. The average Bonchev–Trinajstić information content (AvgIpc) is 2.76. The second-order valence-corrected chi connectivity index (χ2v) is 7.12. The lowest BCUT2D eigenvalue weighted by Crippen LogP contribution is -2.38. The molecular weight excluding hydrogens is 406 g/mol. The zero-order chi connectivity index (χ0) is 22.0. The van der Waals surface area contributed by atoms with Crippen LogP contribution in [-0.2, 0) is 4.74 Å². The third kappa shape index (κ3) is 4.23. The smallest absolute Gasteiger partial charge is 0.239 e. The molecule has 0 saturated carbocycles. The zero-order valence-electron chi connectivity index (χ0n) is 17.0. The van der Waals surface area contributed by atoms with Crippen LogP contribution in [0.15, 0.2) is 39.5 Å². The molecule has 0 aliphatic carbocycles. The molecule has 1 aromatic heterocycles. The molecule has 3 N–H and O–H groups in total. The Labute approximate surface area is 177 Å². The monoisotopic (exact) mass is 429 g/mol. The Balaban J connectivity index is 1.69. The number of rotatable bonds is 6. The molecule has 0 spiro atoms. The SMILES string of the molecule is COc1c(-c2ccc(O)c(O)c2)oc2cc(OCCN3CCOCC3)cc(O)c2c1=O. The van der Waals surface area contributed by atoms with Crippen LogP contribution in [0.1, 0.15) is 0 Å². The van der Waals surface area contributed by atoms with Crippen molar-refractivity contribution in [3.63, 3.8) is 0 Å². The zero-order valence-corrected chi connectivity index (χ0v) is 17.0. The van der Waals surface area contributed by atoms with Crippen molar-refractivity contribution in [3.05, 3.63) is 40.6 Å². The van der Waals surface area contributed by atoms with Crippen molar-refractivity contribution in [2.75, 3.05) is 46.6 Å². The number of phenols is 3. The van der Waals surface area contributed by atoms with Gasteiger partial charge in [-0.15, -0.1) is 0 Å². The van der Waals surface area contributed by atoms with Crippen LogP contribution in [0.3, 0.4) is 0 Å². The molecule has 0 amide bonds. The third-order valence-corrected chi connectivity index (χ3v) is 5.13. The Morgan fingerprint density at radius 1 is 1.03 bits per heavy atom. The summed E-state index contributed by atoms with van der Waals surface area (Å²) in [5.41, 5.74) is -0.136. The first-order chi connectivity index (χ1) is 15.0. The van der Waals surface area contributed by atoms with Gasteiger partial charge in [0.05, 0.1) is 20.3 Å². The minimum Gasteiger partial charge on any atom is -0.507 e. The van der Waals surface area contributed by atoms with Gasteiger partial charge in [-0.3, -0.25) is 9.69 Å². The van der Waals surface area contributed by atoms with Gasteiger partial charge in [0.1, 0.15) is 29.1 Å². The highest BCUT2D eigenvalue weighted by atomic mass is 16.5. The highest BCUT2D eigenvalue weighted by molar-refractivity contribution is 5.88. The van der Waals surface area contributed by atoms with E-state index in [0.29, 0.717) is 37.7 Å². The number of nitrogens with zero attached hydrogens (tertiary/aromatic N) is 1. The Kier molecular flexibility index (Phi) is 5.88. The maximum Gasteiger partial charge on any atom is 0.239 e. The van der Waals surface area contributed by atoms with E-state index in [1.807, 2.05) is 0 Å². The lowest BCUT2D eigenvalue weighted by molar-refractivity contribution is 0.0322. The summed E-state index contributed by atoms with van der Waals surface area (Å²) in [5.74, 6) is -0.684. The molecule has 9 heteroatoms. The van der Waals surface area contributed by atoms with Crippen LogP contribution in [0, 0.1) is 0 Å². The predicted octanol–water partition coefficient (Wildman–Crippen LogP) is 2.30. The largest absolute Gasteiger partial charge is 0.507 e. The minimum atomic E-state index is -0.566. The third-order valence-electron chi connectivity index (χ3n) is 5.13. The number of hydrogen-bond acceptors (Lipinski definition) is 9. The maximum atomic E-state index is 12.9. The van der Waals surface area contributed by atoms with E-state index in [4.69, 9.17) is 18.6 Å². The molecule has 4 rings (SSSR count). The Bertz CT molecular complexity index is 1150. The van der Waals surface area contributed by atoms with Crippen molar-refractivity contribution in [3.8, 4) is 40.1 Å². The Morgan fingerprint density at radius 3 is 2.52 bits per heavy atom. The number of fused-ring (bicyclic) bond motifs is 1. The number of aromatic hydroxyl groups is 3. The quantitative estimate of drug-likeness (QED) is 0.507. The lowest BCUT2D eigenvalue weighted by Gasteiger charge is -2.26. The van der Waals surface area contributed by atoms with E-state index in [-0.39, 0.29) is 39.7 Å². The van der Waals surface area contributed by atoms with Crippen molar-refractivity contribution >= 4 is 11.0 Å². The lowest BCUT2D eigenvalue weighted by atomic mass is 10.1. The van der Waals surface area contributed by atoms with E-state index in [1.165, 1.54) is 37.4 Å². The van der Waals surface area contributed by atoms with E-state index in [9.17, 15) is 20.1 Å². The number of morpholine rings is 1. The molecule has 1 fully saturated rings. The summed E-state index contributed by atoms with van der Waals surface area (Å²) in [5, 5.41) is 29.8. The summed E-state index contributed by atoms with van der Waals surface area (Å²) < 4.78 is 22.2. The normalized spacial score (nSPS) is 14.6. The summed E-state index contributed by atoms with van der Waals surface area (Å²) in [4.78, 5) is 15.2. The van der Waals surface area contributed by atoms with Gasteiger partial charge in [0, 0.05) is 37.3 Å². The summed E-state index contributed by atoms with van der Waals surface area (Å²) in [6.45, 7) is 4.16. The van der Waals surface area contributed by atoms with E-state index in [1.54, 1.807) is 0 Å². The molecule has 3 aromatic rings. The number of hydrogen-bond donors (Lipinski definition) is 3. The first-order valence-electron chi connectivity index (χ1n) is 9.81. The topological polar surface area (TPSA) is 122 Å². The summed E-state index contributed by atoms with van der Waals surface area (Å²) >= 11 is 0. The summed E-state index contributed by atoms with van der Waals surface area (Å²) in [6, 6.07) is 6.90. The van der Waals surface area contributed by atoms with Crippen LogP contribution in [0.4, 0.5) is 0 Å². The van der Waals surface area contributed by atoms with Crippen LogP contribution < -0.4 is 14.9 Å². The van der Waals surface area contributed by atoms with Gasteiger partial charge in [-0.25, -0.2) is 0 Å². The first kappa shape index (κ1) is 20.8. The van der Waals surface area contributed by atoms with Crippen molar-refractivity contribution < 1.29 is 33.9 Å². The molecule has 1 aliphatic heterocycles. The van der Waals surface area contributed by atoms with E-state index < -0.39 is 5.43 Å². The Morgan fingerprint density at radius 2 is 1.81 bits per heavy atom. The molecule has 0 atom stereocenters. The fourth-order valence-electron chi connectivity index (χ4n) is 3.50. The first-order valence-corrected chi connectivity index (χ1v) is 9.81. The van der Waals surface area contributed by atoms with E-state index in [0.717, 1.165) is 13.1 Å². The Hall–Kier alpha value is -3.43. The molecule has 1 aliphatic rings. The number of phenolic OH excluding ortho intramolecular Hbond substituents is 3. The van der Waals surface area contributed by atoms with Gasteiger partial charge in [-0.2, -0.15) is 0 Å². The molecule has 164 valence electrons. The van der Waals surface area contributed by atoms with E-state index in [2.05, 4.69) is 4.90 Å². The molecular formula is C22H23NO8. The molecule has 9 nitrogen and oxygen atoms in total. The fourth-order valence-corrected chi connectivity index (χ4v) is 3.50. The minimum absolute atomic E-state index is 0.0378. The number of benzene rings is 2. The van der Waals surface area contributed by atoms with Crippen LogP contribution in [0.25, 0.3) is 22.3 Å². The van der Waals surface area contributed by atoms with E-state index >= 15 is 0 Å². The van der Waals surface area contributed by atoms with Gasteiger partial charge in [0.2, 0.25) is 11.2 Å². The molecule has 1 saturated heterocycles. The molecule has 0 unspecified atom stereocenters. The molecule has 2 aromatic carbocycles. The summed E-state index contributed by atoms with van der Waals surface area (Å²) in [6.07, 6.45) is 0. The second-order valence-electron chi connectivity index (χ2n) is 7.12. The van der Waals surface area contributed by atoms with Gasteiger partial charge in [0.15, 0.2) is 17.3 Å². The van der Waals surface area contributed by atoms with Crippen molar-refractivity contribution in [1.82, 2.24) is 4.90 Å². The highest BCUT2D eigenvalue weighted by Gasteiger charge is 2.21. The van der Waals surface area contributed by atoms with Gasteiger partial charge in [-0.05, 0) is 18.2 Å². The van der Waals surface area contributed by atoms with Crippen LogP contribution in [-0.4, -0.2) is 66.8 Å². The maximum absolute atomic E-state index is 12.9. The standard InChI is InChI=1S/C22H23NO8/c1-28-22-20(27)19-17(26)11-14(30-9-6-23-4-7-29-8-5-23)12-18(19)31-21(22)13-2-3-15(24)16(25)10-13/h2-3,10-12,24-26H,4-9H2,1H3. The van der Waals surface area contributed by atoms with Crippen molar-refractivity contribution in [2.45, 2.75) is 0 Å². The molecule has 0 bridgehead atoms. The highest BCUT2D eigenvalue weighted by Crippen LogP contribution is 2.38. The predicted molar refractivity (Wildman–Crippen MR) is 112 cm³/mol. The number of methoxy groups -OCH3 is 1. The van der Waals surface area contributed by atoms with Gasteiger partial charge in [0.25, 0.3) is 0 Å². The fraction of sp³-hybridized carbons (Fsp3) is 0.318. The van der Waals surface area contributed by atoms with Gasteiger partial charge >= 0.3 is 0 Å². The summed E-state index contributed by atoms with van der Waals surface area (Å²) in [7, 11) is 1.31. The van der Waals surface area contributed by atoms with Gasteiger partial charge < -0.3 is 33.9 Å². The van der Waals surface area contributed by atoms with Crippen molar-refractivity contribution in [1.29, 1.82) is 0 Å².